The molecule has 140 valence electrons. The monoisotopic (exact) mass is 376 g/mol. The summed E-state index contributed by atoms with van der Waals surface area (Å²) in [5.74, 6) is -0.939. The molecule has 1 aromatic carbocycles. The van der Waals surface area contributed by atoms with Crippen LogP contribution in [-0.4, -0.2) is 29.0 Å². The van der Waals surface area contributed by atoms with Gasteiger partial charge in [0.05, 0.1) is 11.1 Å². The molecule has 1 heterocycles. The lowest BCUT2D eigenvalue weighted by Crippen LogP contribution is -2.47. The highest BCUT2D eigenvalue weighted by atomic mass is 35.5. The average molecular weight is 377 g/mol. The third-order valence-corrected chi connectivity index (χ3v) is 3.88. The predicted octanol–water partition coefficient (Wildman–Crippen LogP) is 4.38. The largest absolute Gasteiger partial charge is 0.452 e. The van der Waals surface area contributed by atoms with Gasteiger partial charge in [-0.3, -0.25) is 4.79 Å². The number of halogens is 1. The molecular weight excluding hydrogens is 352 g/mol. The fraction of sp³-hybridized carbons (Fsp3) is 0.450. The number of hydrogen-bond acceptors (Lipinski definition) is 4. The number of rotatable bonds is 5. The molecular formula is C20H25ClN2O3. The molecule has 1 amide bonds. The summed E-state index contributed by atoms with van der Waals surface area (Å²) in [5, 5.41) is 3.75. The van der Waals surface area contributed by atoms with E-state index in [1.165, 1.54) is 6.07 Å². The Morgan fingerprint density at radius 1 is 1.15 bits per heavy atom. The molecule has 5 nitrogen and oxygen atoms in total. The predicted molar refractivity (Wildman–Crippen MR) is 103 cm³/mol. The zero-order valence-electron chi connectivity index (χ0n) is 15.9. The van der Waals surface area contributed by atoms with E-state index in [1.807, 2.05) is 19.9 Å². The van der Waals surface area contributed by atoms with E-state index in [0.29, 0.717) is 16.5 Å². The first-order chi connectivity index (χ1) is 12.0. The van der Waals surface area contributed by atoms with Crippen LogP contribution in [0.25, 0.3) is 10.9 Å². The summed E-state index contributed by atoms with van der Waals surface area (Å²) in [6.45, 7) is 9.89. The molecule has 0 aliphatic carbocycles. The molecule has 0 radical (unpaired) electrons. The van der Waals surface area contributed by atoms with Crippen LogP contribution in [-0.2, 0) is 9.53 Å². The number of aromatic nitrogens is 1. The van der Waals surface area contributed by atoms with Gasteiger partial charge in [0, 0.05) is 10.9 Å². The van der Waals surface area contributed by atoms with Crippen molar-refractivity contribution in [2.75, 3.05) is 6.61 Å². The zero-order valence-corrected chi connectivity index (χ0v) is 16.6. The second-order valence-corrected chi connectivity index (χ2v) is 8.64. The van der Waals surface area contributed by atoms with Crippen molar-refractivity contribution in [3.05, 3.63) is 41.0 Å². The Hall–Kier alpha value is -2.14. The van der Waals surface area contributed by atoms with E-state index < -0.39 is 11.5 Å². The van der Waals surface area contributed by atoms with Gasteiger partial charge in [0.2, 0.25) is 0 Å². The maximum Gasteiger partial charge on any atom is 0.339 e. The van der Waals surface area contributed by atoms with Crippen molar-refractivity contribution in [2.45, 2.75) is 46.6 Å². The summed E-state index contributed by atoms with van der Waals surface area (Å²) in [6.07, 6.45) is 0.796. The molecule has 0 unspecified atom stereocenters. The molecule has 0 atom stereocenters. The van der Waals surface area contributed by atoms with Crippen molar-refractivity contribution in [1.82, 2.24) is 10.3 Å². The number of nitrogens with zero attached hydrogens (tertiary/aromatic N) is 1. The van der Waals surface area contributed by atoms with E-state index >= 15 is 0 Å². The Kier molecular flexibility index (Phi) is 5.91. The molecule has 0 saturated carbocycles. The number of pyridine rings is 1. The second kappa shape index (κ2) is 7.62. The minimum atomic E-state index is -0.603. The van der Waals surface area contributed by atoms with Crippen LogP contribution in [0.15, 0.2) is 30.3 Å². The van der Waals surface area contributed by atoms with Crippen LogP contribution >= 0.6 is 11.6 Å². The van der Waals surface area contributed by atoms with Gasteiger partial charge < -0.3 is 10.1 Å². The van der Waals surface area contributed by atoms with Crippen molar-refractivity contribution in [3.63, 3.8) is 0 Å². The highest BCUT2D eigenvalue weighted by Crippen LogP contribution is 2.26. The third-order valence-electron chi connectivity index (χ3n) is 3.69. The van der Waals surface area contributed by atoms with Crippen LogP contribution in [0.3, 0.4) is 0 Å². The number of carbonyl (C=O) groups excluding carboxylic acids is 2. The van der Waals surface area contributed by atoms with Crippen LogP contribution in [0, 0.1) is 5.41 Å². The van der Waals surface area contributed by atoms with E-state index in [9.17, 15) is 9.59 Å². The van der Waals surface area contributed by atoms with Crippen molar-refractivity contribution < 1.29 is 14.3 Å². The number of fused-ring (bicyclic) bond motifs is 1. The van der Waals surface area contributed by atoms with E-state index in [-0.39, 0.29) is 23.1 Å². The first-order valence-electron chi connectivity index (χ1n) is 8.50. The first kappa shape index (κ1) is 20.2. The highest BCUT2D eigenvalue weighted by molar-refractivity contribution is 6.30. The Morgan fingerprint density at radius 2 is 1.81 bits per heavy atom. The molecule has 0 aliphatic rings. The molecule has 1 aromatic heterocycles. The average Bonchev–Trinajstić information content (AvgIpc) is 2.48. The number of ether oxygens (including phenoxy) is 1. The summed E-state index contributed by atoms with van der Waals surface area (Å²) >= 11 is 5.98. The SMILES string of the molecule is CC(C)(C)CC(C)(C)NC(=O)COC(=O)c1cc(Cl)nc2ccccc12. The van der Waals surface area contributed by atoms with Gasteiger partial charge in [0.1, 0.15) is 5.15 Å². The van der Waals surface area contributed by atoms with Gasteiger partial charge in [0.25, 0.3) is 5.91 Å². The smallest absolute Gasteiger partial charge is 0.339 e. The lowest BCUT2D eigenvalue weighted by molar-refractivity contribution is -0.126. The fourth-order valence-corrected chi connectivity index (χ4v) is 3.50. The minimum Gasteiger partial charge on any atom is -0.452 e. The lowest BCUT2D eigenvalue weighted by atomic mass is 9.82. The van der Waals surface area contributed by atoms with E-state index in [2.05, 4.69) is 31.1 Å². The molecule has 26 heavy (non-hydrogen) atoms. The molecule has 0 fully saturated rings. The van der Waals surface area contributed by atoms with Crippen LogP contribution in [0.1, 0.15) is 51.4 Å². The summed E-state index contributed by atoms with van der Waals surface area (Å²) in [7, 11) is 0. The van der Waals surface area contributed by atoms with Crippen molar-refractivity contribution in [1.29, 1.82) is 0 Å². The van der Waals surface area contributed by atoms with Crippen molar-refractivity contribution in [2.24, 2.45) is 5.41 Å². The van der Waals surface area contributed by atoms with Crippen LogP contribution in [0.2, 0.25) is 5.15 Å². The molecule has 6 heteroatoms. The van der Waals surface area contributed by atoms with Gasteiger partial charge in [-0.25, -0.2) is 9.78 Å². The third kappa shape index (κ3) is 5.70. The van der Waals surface area contributed by atoms with Gasteiger partial charge >= 0.3 is 5.97 Å². The quantitative estimate of drug-likeness (QED) is 0.621. The van der Waals surface area contributed by atoms with Gasteiger partial charge in [0.15, 0.2) is 6.61 Å². The number of esters is 1. The summed E-state index contributed by atoms with van der Waals surface area (Å²) in [6, 6.07) is 8.59. The fourth-order valence-electron chi connectivity index (χ4n) is 3.30. The molecule has 2 rings (SSSR count). The van der Waals surface area contributed by atoms with Gasteiger partial charge in [-0.05, 0) is 37.8 Å². The summed E-state index contributed by atoms with van der Waals surface area (Å²) < 4.78 is 5.19. The number of hydrogen-bond donors (Lipinski definition) is 1. The van der Waals surface area contributed by atoms with E-state index in [4.69, 9.17) is 16.3 Å². The Labute approximate surface area is 159 Å². The number of benzene rings is 1. The second-order valence-electron chi connectivity index (χ2n) is 8.26. The maximum atomic E-state index is 12.4. The topological polar surface area (TPSA) is 68.3 Å². The van der Waals surface area contributed by atoms with E-state index in [1.54, 1.807) is 18.2 Å². The molecule has 0 spiro atoms. The minimum absolute atomic E-state index is 0.0696. The number of carbonyl (C=O) groups is 2. The lowest BCUT2D eigenvalue weighted by Gasteiger charge is -2.33. The Morgan fingerprint density at radius 3 is 2.46 bits per heavy atom. The van der Waals surface area contributed by atoms with Crippen molar-refractivity contribution in [3.8, 4) is 0 Å². The van der Waals surface area contributed by atoms with Gasteiger partial charge in [-0.15, -0.1) is 0 Å². The molecule has 1 N–H and O–H groups in total. The highest BCUT2D eigenvalue weighted by Gasteiger charge is 2.27. The summed E-state index contributed by atoms with van der Waals surface area (Å²) in [4.78, 5) is 28.8. The van der Waals surface area contributed by atoms with Gasteiger partial charge in [-0.1, -0.05) is 50.6 Å². The van der Waals surface area contributed by atoms with E-state index in [0.717, 1.165) is 6.42 Å². The molecule has 2 aromatic rings. The zero-order chi connectivity index (χ0) is 19.5. The van der Waals surface area contributed by atoms with Crippen molar-refractivity contribution >= 4 is 34.4 Å². The molecule has 0 bridgehead atoms. The normalized spacial score (nSPS) is 12.1. The first-order valence-corrected chi connectivity index (χ1v) is 8.88. The Bertz CT molecular complexity index is 825. The summed E-state index contributed by atoms with van der Waals surface area (Å²) in [5.41, 5.74) is 0.569. The number of amides is 1. The standard InChI is InChI=1S/C20H25ClN2O3/c1-19(2,3)12-20(4,5)23-17(24)11-26-18(25)14-10-16(21)22-15-9-7-6-8-13(14)15/h6-10H,11-12H2,1-5H3,(H,23,24). The molecule has 0 aliphatic heterocycles. The van der Waals surface area contributed by atoms with Crippen LogP contribution < -0.4 is 5.32 Å². The molecule has 0 saturated heterocycles. The maximum absolute atomic E-state index is 12.4. The van der Waals surface area contributed by atoms with Crippen LogP contribution in [0.4, 0.5) is 0 Å². The van der Waals surface area contributed by atoms with Gasteiger partial charge in [-0.2, -0.15) is 0 Å². The number of nitrogens with one attached hydrogen (secondary N) is 1. The number of para-hydroxylation sites is 1. The Balaban J connectivity index is 2.04. The van der Waals surface area contributed by atoms with Crippen LogP contribution in [0.5, 0.6) is 0 Å².